The first kappa shape index (κ1) is 17.2. The minimum atomic E-state index is -1.29. The molecule has 0 saturated heterocycles. The van der Waals surface area contributed by atoms with Gasteiger partial charge in [-0.2, -0.15) is 5.26 Å². The molecule has 0 saturated carbocycles. The first-order valence-corrected chi connectivity index (χ1v) is 6.66. The van der Waals surface area contributed by atoms with Gasteiger partial charge in [0.15, 0.2) is 11.5 Å². The van der Waals surface area contributed by atoms with Crippen LogP contribution in [0.3, 0.4) is 0 Å². The van der Waals surface area contributed by atoms with Gasteiger partial charge in [0.2, 0.25) is 0 Å². The summed E-state index contributed by atoms with van der Waals surface area (Å²) in [6.07, 6.45) is 2.66. The average molecular weight is 268 g/mol. The van der Waals surface area contributed by atoms with E-state index in [1.165, 1.54) is 0 Å². The van der Waals surface area contributed by atoms with Crippen molar-refractivity contribution >= 4 is 11.9 Å². The maximum atomic E-state index is 12.2. The van der Waals surface area contributed by atoms with Crippen LogP contribution in [-0.4, -0.2) is 24.1 Å². The fourth-order valence-corrected chi connectivity index (χ4v) is 2.04. The highest BCUT2D eigenvalue weighted by Gasteiger charge is 2.46. The van der Waals surface area contributed by atoms with Crippen LogP contribution in [0.2, 0.25) is 0 Å². The van der Waals surface area contributed by atoms with E-state index in [-0.39, 0.29) is 12.6 Å². The predicted octanol–water partition coefficient (Wildman–Crippen LogP) is 1.30. The van der Waals surface area contributed by atoms with Crippen LogP contribution in [0.25, 0.3) is 0 Å². The minimum absolute atomic E-state index is 0.202. The van der Waals surface area contributed by atoms with Crippen LogP contribution in [0.15, 0.2) is 4.99 Å². The van der Waals surface area contributed by atoms with Gasteiger partial charge < -0.3 is 16.2 Å². The van der Waals surface area contributed by atoms with Gasteiger partial charge in [0, 0.05) is 0 Å². The van der Waals surface area contributed by atoms with Gasteiger partial charge in [-0.05, 0) is 19.8 Å². The summed E-state index contributed by atoms with van der Waals surface area (Å²) in [6.45, 7) is 5.74. The second-order valence-corrected chi connectivity index (χ2v) is 4.36. The Bertz CT molecular complexity index is 358. The first-order valence-electron chi connectivity index (χ1n) is 6.66. The van der Waals surface area contributed by atoms with Gasteiger partial charge in [0.25, 0.3) is 0 Å². The number of carbonyl (C=O) groups is 1. The van der Waals surface area contributed by atoms with Crippen LogP contribution in [0.5, 0.6) is 0 Å². The molecule has 0 fully saturated rings. The number of hydrogen-bond donors (Lipinski definition) is 2. The van der Waals surface area contributed by atoms with Gasteiger partial charge in [-0.25, -0.2) is 9.79 Å². The Morgan fingerprint density at radius 3 is 2.42 bits per heavy atom. The maximum absolute atomic E-state index is 12.2. The number of nitrogens with two attached hydrogens (primary N) is 2. The quantitative estimate of drug-likeness (QED) is 0.391. The molecule has 0 amide bonds. The van der Waals surface area contributed by atoms with E-state index in [9.17, 15) is 10.1 Å². The van der Waals surface area contributed by atoms with E-state index in [1.807, 2.05) is 6.92 Å². The highest BCUT2D eigenvalue weighted by molar-refractivity contribution is 5.87. The Labute approximate surface area is 114 Å². The average Bonchev–Trinajstić information content (AvgIpc) is 2.37. The molecule has 6 heteroatoms. The molecule has 0 aliphatic rings. The molecule has 6 nitrogen and oxygen atoms in total. The number of ether oxygens (including phenoxy) is 1. The molecule has 19 heavy (non-hydrogen) atoms. The summed E-state index contributed by atoms with van der Waals surface area (Å²) in [4.78, 5) is 16.2. The lowest BCUT2D eigenvalue weighted by Crippen LogP contribution is -2.47. The van der Waals surface area contributed by atoms with Crippen molar-refractivity contribution in [3.05, 3.63) is 0 Å². The lowest BCUT2D eigenvalue weighted by atomic mass is 9.80. The van der Waals surface area contributed by atoms with Crippen molar-refractivity contribution in [1.29, 1.82) is 5.26 Å². The Kier molecular flexibility index (Phi) is 7.57. The Morgan fingerprint density at radius 1 is 1.42 bits per heavy atom. The molecule has 0 aromatic heterocycles. The third-order valence-electron chi connectivity index (χ3n) is 3.08. The molecule has 0 aliphatic heterocycles. The van der Waals surface area contributed by atoms with Crippen LogP contribution in [-0.2, 0) is 9.53 Å². The predicted molar refractivity (Wildman–Crippen MR) is 74.1 cm³/mol. The molecule has 0 bridgehead atoms. The largest absolute Gasteiger partial charge is 0.464 e. The molecule has 2 atom stereocenters. The van der Waals surface area contributed by atoms with Gasteiger partial charge in [-0.1, -0.05) is 26.7 Å². The monoisotopic (exact) mass is 268 g/mol. The molecule has 0 spiro atoms. The lowest BCUT2D eigenvalue weighted by Gasteiger charge is -2.30. The summed E-state index contributed by atoms with van der Waals surface area (Å²) in [5, 5.41) is 9.34. The number of carbonyl (C=O) groups excluding carboxylic acids is 1. The maximum Gasteiger partial charge on any atom is 0.335 e. The zero-order valence-electron chi connectivity index (χ0n) is 12.0. The van der Waals surface area contributed by atoms with Crippen molar-refractivity contribution < 1.29 is 9.53 Å². The van der Waals surface area contributed by atoms with Crippen molar-refractivity contribution in [2.45, 2.75) is 52.0 Å². The van der Waals surface area contributed by atoms with Gasteiger partial charge in [-0.3, -0.25) is 0 Å². The zero-order valence-corrected chi connectivity index (χ0v) is 12.0. The van der Waals surface area contributed by atoms with Gasteiger partial charge in [-0.15, -0.1) is 0 Å². The summed E-state index contributed by atoms with van der Waals surface area (Å²) < 4.78 is 5.05. The van der Waals surface area contributed by atoms with Crippen molar-refractivity contribution in [3.63, 3.8) is 0 Å². The Hall–Kier alpha value is -1.77. The highest BCUT2D eigenvalue weighted by atomic mass is 16.5. The number of esters is 1. The first-order chi connectivity index (χ1) is 8.98. The number of nitrogens with zero attached hydrogens (tertiary/aromatic N) is 2. The van der Waals surface area contributed by atoms with E-state index in [0.29, 0.717) is 12.8 Å². The van der Waals surface area contributed by atoms with E-state index >= 15 is 0 Å². The SMILES string of the molecule is CCCCC(C#N)C(CC)(N=C(N)N)C(=O)OCC. The molecule has 4 N–H and O–H groups in total. The summed E-state index contributed by atoms with van der Waals surface area (Å²) >= 11 is 0. The summed E-state index contributed by atoms with van der Waals surface area (Å²) in [5.41, 5.74) is 9.55. The van der Waals surface area contributed by atoms with Gasteiger partial charge in [0.1, 0.15) is 0 Å². The standard InChI is InChI=1S/C13H24N4O2/c1-4-7-8-10(9-14)13(5-2,17-12(15)16)11(18)19-6-3/h10H,4-8H2,1-3H3,(H4,15,16,17). The zero-order chi connectivity index (χ0) is 14.9. The second kappa shape index (κ2) is 8.35. The summed E-state index contributed by atoms with van der Waals surface area (Å²) in [6, 6.07) is 2.15. The van der Waals surface area contributed by atoms with E-state index < -0.39 is 17.4 Å². The Morgan fingerprint density at radius 2 is 2.05 bits per heavy atom. The third kappa shape index (κ3) is 4.43. The van der Waals surface area contributed by atoms with Crippen LogP contribution in [0.1, 0.15) is 46.5 Å². The fourth-order valence-electron chi connectivity index (χ4n) is 2.04. The van der Waals surface area contributed by atoms with Crippen LogP contribution in [0.4, 0.5) is 0 Å². The molecule has 0 rings (SSSR count). The molecule has 0 aromatic rings. The Balaban J connectivity index is 5.50. The van der Waals surface area contributed by atoms with E-state index in [1.54, 1.807) is 13.8 Å². The van der Waals surface area contributed by atoms with Gasteiger partial charge in [0.05, 0.1) is 18.6 Å². The molecule has 0 aromatic carbocycles. The van der Waals surface area contributed by atoms with E-state index in [2.05, 4.69) is 11.1 Å². The summed E-state index contributed by atoms with van der Waals surface area (Å²) in [7, 11) is 0. The number of rotatable bonds is 8. The third-order valence-corrected chi connectivity index (χ3v) is 3.08. The minimum Gasteiger partial charge on any atom is -0.464 e. The number of aliphatic imine (C=N–C) groups is 1. The van der Waals surface area contributed by atoms with Crippen molar-refractivity contribution in [2.24, 2.45) is 22.4 Å². The van der Waals surface area contributed by atoms with Crippen molar-refractivity contribution in [1.82, 2.24) is 0 Å². The molecule has 0 heterocycles. The number of nitriles is 1. The van der Waals surface area contributed by atoms with Crippen LogP contribution in [0, 0.1) is 17.2 Å². The van der Waals surface area contributed by atoms with Gasteiger partial charge >= 0.3 is 5.97 Å². The normalized spacial score (nSPS) is 14.8. The second-order valence-electron chi connectivity index (χ2n) is 4.36. The van der Waals surface area contributed by atoms with Crippen LogP contribution >= 0.6 is 0 Å². The van der Waals surface area contributed by atoms with Crippen molar-refractivity contribution in [3.8, 4) is 6.07 Å². The van der Waals surface area contributed by atoms with E-state index in [0.717, 1.165) is 12.8 Å². The molecule has 0 aliphatic carbocycles. The fraction of sp³-hybridized carbons (Fsp3) is 0.769. The topological polar surface area (TPSA) is 114 Å². The van der Waals surface area contributed by atoms with Crippen molar-refractivity contribution in [2.75, 3.05) is 6.61 Å². The van der Waals surface area contributed by atoms with Crippen LogP contribution < -0.4 is 11.5 Å². The molecule has 108 valence electrons. The molecule has 2 unspecified atom stereocenters. The highest BCUT2D eigenvalue weighted by Crippen LogP contribution is 2.31. The van der Waals surface area contributed by atoms with E-state index in [4.69, 9.17) is 16.2 Å². The summed E-state index contributed by atoms with van der Waals surface area (Å²) in [5.74, 6) is -1.32. The smallest absolute Gasteiger partial charge is 0.335 e. The number of unbranched alkanes of at least 4 members (excludes halogenated alkanes) is 1. The molecule has 0 radical (unpaired) electrons. The molecular formula is C13H24N4O2. The number of hydrogen-bond acceptors (Lipinski definition) is 4. The number of guanidine groups is 1. The lowest BCUT2D eigenvalue weighted by molar-refractivity contribution is -0.151. The molecular weight excluding hydrogens is 244 g/mol.